The summed E-state index contributed by atoms with van der Waals surface area (Å²) in [4.78, 5) is 31.0. The summed E-state index contributed by atoms with van der Waals surface area (Å²) in [5, 5.41) is 16.9. The number of para-hydroxylation sites is 1. The van der Waals surface area contributed by atoms with Gasteiger partial charge in [0.05, 0.1) is 40.5 Å². The molecule has 0 radical (unpaired) electrons. The van der Waals surface area contributed by atoms with Gasteiger partial charge in [-0.05, 0) is 88.2 Å². The summed E-state index contributed by atoms with van der Waals surface area (Å²) in [6.07, 6.45) is 2.22. The van der Waals surface area contributed by atoms with Gasteiger partial charge in [-0.3, -0.25) is 9.69 Å². The van der Waals surface area contributed by atoms with Crippen molar-refractivity contribution in [3.8, 4) is 5.75 Å². The van der Waals surface area contributed by atoms with Gasteiger partial charge in [0, 0.05) is 43.5 Å². The topological polar surface area (TPSA) is 103 Å². The number of urea groups is 1. The van der Waals surface area contributed by atoms with Crippen LogP contribution in [0, 0.1) is 5.92 Å². The third-order valence-electron chi connectivity index (χ3n) is 8.27. The lowest BCUT2D eigenvalue weighted by Gasteiger charge is -2.36. The Balaban J connectivity index is 1.58. The van der Waals surface area contributed by atoms with Crippen LogP contribution >= 0.6 is 23.2 Å². The number of nitrogens with zero attached hydrogens (tertiary/aromatic N) is 2. The van der Waals surface area contributed by atoms with Crippen molar-refractivity contribution < 1.29 is 24.2 Å². The number of halogens is 2. The molecule has 4 rings (SSSR count). The summed E-state index contributed by atoms with van der Waals surface area (Å²) < 4.78 is 12.8. The summed E-state index contributed by atoms with van der Waals surface area (Å²) in [7, 11) is 2.03. The van der Waals surface area contributed by atoms with Gasteiger partial charge < -0.3 is 30.1 Å². The number of fused-ring (bicyclic) bond motifs is 1. The lowest BCUT2D eigenvalue weighted by molar-refractivity contribution is -0.0177. The predicted molar refractivity (Wildman–Crippen MR) is 189 cm³/mol. The molecule has 254 valence electrons. The number of anilines is 2. The quantitative estimate of drug-likeness (QED) is 0.226. The molecule has 1 aliphatic heterocycles. The van der Waals surface area contributed by atoms with Gasteiger partial charge in [0.25, 0.3) is 5.91 Å². The van der Waals surface area contributed by atoms with Crippen LogP contribution in [0.4, 0.5) is 16.2 Å². The zero-order valence-corrected chi connectivity index (χ0v) is 29.1. The molecule has 0 aromatic heterocycles. The lowest BCUT2D eigenvalue weighted by Crippen LogP contribution is -2.47. The van der Waals surface area contributed by atoms with E-state index in [0.29, 0.717) is 59.0 Å². The van der Waals surface area contributed by atoms with E-state index in [1.165, 1.54) is 0 Å². The van der Waals surface area contributed by atoms with Crippen molar-refractivity contribution in [1.82, 2.24) is 9.80 Å². The summed E-state index contributed by atoms with van der Waals surface area (Å²) in [5.74, 6) is 0.0617. The van der Waals surface area contributed by atoms with Gasteiger partial charge in [0.15, 0.2) is 0 Å². The van der Waals surface area contributed by atoms with E-state index in [9.17, 15) is 14.7 Å². The Kier molecular flexibility index (Phi) is 13.8. The van der Waals surface area contributed by atoms with E-state index >= 15 is 0 Å². The van der Waals surface area contributed by atoms with Crippen LogP contribution in [-0.4, -0.2) is 78.4 Å². The smallest absolute Gasteiger partial charge is 0.323 e. The van der Waals surface area contributed by atoms with Crippen LogP contribution in [0.25, 0.3) is 0 Å². The second kappa shape index (κ2) is 17.7. The number of aliphatic hydroxyl groups excluding tert-OH is 1. The zero-order chi connectivity index (χ0) is 33.9. The maximum Gasteiger partial charge on any atom is 0.323 e. The first kappa shape index (κ1) is 36.5. The van der Waals surface area contributed by atoms with Crippen LogP contribution in [0.2, 0.25) is 10.0 Å². The molecule has 1 aliphatic rings. The highest BCUT2D eigenvalue weighted by Gasteiger charge is 2.30. The third-order valence-corrected chi connectivity index (χ3v) is 9.01. The minimum absolute atomic E-state index is 0.0756. The number of ether oxygens (including phenoxy) is 2. The van der Waals surface area contributed by atoms with Crippen LogP contribution in [0.3, 0.4) is 0 Å². The van der Waals surface area contributed by atoms with Crippen molar-refractivity contribution in [2.75, 3.05) is 44.0 Å². The maximum absolute atomic E-state index is 14.3. The Hall–Kier alpha value is -3.34. The van der Waals surface area contributed by atoms with E-state index in [1.807, 2.05) is 51.2 Å². The molecule has 11 heteroatoms. The molecule has 9 nitrogen and oxygen atoms in total. The molecule has 0 spiro atoms. The molecule has 3 aromatic rings. The number of nitrogens with one attached hydrogen (secondary N) is 2. The summed E-state index contributed by atoms with van der Waals surface area (Å²) in [6, 6.07) is 18.9. The first-order valence-corrected chi connectivity index (χ1v) is 16.9. The number of carbonyl (C=O) groups is 2. The second-order valence-corrected chi connectivity index (χ2v) is 13.2. The fourth-order valence-corrected chi connectivity index (χ4v) is 5.92. The average molecular weight is 686 g/mol. The minimum atomic E-state index is -0.476. The molecule has 3 N–H and O–H groups in total. The van der Waals surface area contributed by atoms with E-state index in [1.54, 1.807) is 41.3 Å². The zero-order valence-electron chi connectivity index (χ0n) is 27.5. The number of carbonyl (C=O) groups excluding carboxylic acids is 2. The summed E-state index contributed by atoms with van der Waals surface area (Å²) >= 11 is 12.4. The summed E-state index contributed by atoms with van der Waals surface area (Å²) in [5.41, 5.74) is 2.44. The largest absolute Gasteiger partial charge is 0.490 e. The molecular formula is C36H46Cl2N4O5. The van der Waals surface area contributed by atoms with Crippen LogP contribution < -0.4 is 15.4 Å². The number of aliphatic hydroxyl groups is 1. The maximum atomic E-state index is 14.3. The van der Waals surface area contributed by atoms with Crippen molar-refractivity contribution in [2.24, 2.45) is 5.92 Å². The Morgan fingerprint density at radius 1 is 1.02 bits per heavy atom. The SMILES string of the molecule is C[C@@H]1CN([C@H](C)CO)C(=O)c2cc(NC(=O)Nc3ccccc3)ccc2O[C@@H](C)CCCCO[C@H]1CN(C)Cc1ccc(Cl)c(Cl)c1. The van der Waals surface area contributed by atoms with Crippen LogP contribution in [0.5, 0.6) is 5.75 Å². The molecule has 0 unspecified atom stereocenters. The molecule has 0 saturated heterocycles. The molecule has 0 fully saturated rings. The normalized spacial score (nSPS) is 20.1. The molecule has 3 aromatic carbocycles. The molecule has 4 atom stereocenters. The molecule has 47 heavy (non-hydrogen) atoms. The Labute approximate surface area is 288 Å². The number of amides is 3. The summed E-state index contributed by atoms with van der Waals surface area (Å²) in [6.45, 7) is 7.85. The van der Waals surface area contributed by atoms with Crippen molar-refractivity contribution in [3.05, 3.63) is 87.9 Å². The van der Waals surface area contributed by atoms with E-state index in [-0.39, 0.29) is 30.6 Å². The third kappa shape index (κ3) is 10.8. The number of benzene rings is 3. The molecule has 0 bridgehead atoms. The van der Waals surface area contributed by atoms with Crippen LogP contribution in [0.1, 0.15) is 56.0 Å². The Bertz CT molecular complexity index is 1480. The number of rotatable bonds is 8. The monoisotopic (exact) mass is 684 g/mol. The average Bonchev–Trinajstić information content (AvgIpc) is 3.04. The van der Waals surface area contributed by atoms with Crippen molar-refractivity contribution in [3.63, 3.8) is 0 Å². The van der Waals surface area contributed by atoms with Gasteiger partial charge in [-0.25, -0.2) is 4.79 Å². The molecule has 1 heterocycles. The minimum Gasteiger partial charge on any atom is -0.490 e. The van der Waals surface area contributed by atoms with Gasteiger partial charge in [0.1, 0.15) is 5.75 Å². The number of likely N-dealkylation sites (N-methyl/N-ethyl adjacent to an activating group) is 1. The highest BCUT2D eigenvalue weighted by Crippen LogP contribution is 2.29. The Morgan fingerprint density at radius 3 is 2.49 bits per heavy atom. The number of hydrogen-bond donors (Lipinski definition) is 3. The van der Waals surface area contributed by atoms with Crippen LogP contribution in [-0.2, 0) is 11.3 Å². The van der Waals surface area contributed by atoms with Crippen molar-refractivity contribution >= 4 is 46.5 Å². The highest BCUT2D eigenvalue weighted by atomic mass is 35.5. The lowest BCUT2D eigenvalue weighted by atomic mass is 10.0. The Morgan fingerprint density at radius 2 is 1.77 bits per heavy atom. The van der Waals surface area contributed by atoms with Crippen molar-refractivity contribution in [1.29, 1.82) is 0 Å². The van der Waals surface area contributed by atoms with E-state index in [0.717, 1.165) is 24.8 Å². The number of hydrogen-bond acceptors (Lipinski definition) is 6. The molecule has 3 amide bonds. The predicted octanol–water partition coefficient (Wildman–Crippen LogP) is 7.56. The first-order chi connectivity index (χ1) is 22.5. The first-order valence-electron chi connectivity index (χ1n) is 16.1. The van der Waals surface area contributed by atoms with Gasteiger partial charge in [-0.1, -0.05) is 54.4 Å². The van der Waals surface area contributed by atoms with Crippen molar-refractivity contribution in [2.45, 2.75) is 64.8 Å². The van der Waals surface area contributed by atoms with Gasteiger partial charge in [0.2, 0.25) is 0 Å². The molecule has 0 saturated carbocycles. The van der Waals surface area contributed by atoms with Crippen LogP contribution in [0.15, 0.2) is 66.7 Å². The fourth-order valence-electron chi connectivity index (χ4n) is 5.60. The second-order valence-electron chi connectivity index (χ2n) is 12.4. The van der Waals surface area contributed by atoms with E-state index < -0.39 is 12.1 Å². The molecular weight excluding hydrogens is 639 g/mol. The highest BCUT2D eigenvalue weighted by molar-refractivity contribution is 6.42. The molecule has 0 aliphatic carbocycles. The standard InChI is InChI=1S/C36H46Cl2N4O5/c1-24-20-42(25(2)23-43)35(44)30-19-29(40-36(45)39-28-11-6-5-7-12-28)14-16-33(30)47-26(3)10-8-9-17-46-34(24)22-41(4)21-27-13-15-31(37)32(38)18-27/h5-7,11-16,18-19,24-26,34,43H,8-10,17,20-23H2,1-4H3,(H2,39,40,45)/t24-,25-,26+,34+/m1/s1. The van der Waals surface area contributed by atoms with Gasteiger partial charge in [-0.2, -0.15) is 0 Å². The van der Waals surface area contributed by atoms with E-state index in [2.05, 4.69) is 22.5 Å². The van der Waals surface area contributed by atoms with E-state index in [4.69, 9.17) is 32.7 Å². The fraction of sp³-hybridized carbons (Fsp3) is 0.444. The van der Waals surface area contributed by atoms with Gasteiger partial charge in [-0.15, -0.1) is 0 Å². The van der Waals surface area contributed by atoms with Gasteiger partial charge >= 0.3 is 6.03 Å².